The molecule has 1 nitrogen and oxygen atoms in total. The third kappa shape index (κ3) is 5.15. The first-order chi connectivity index (χ1) is 4.16. The first-order valence-corrected chi connectivity index (χ1v) is 3.22. The second-order valence-corrected chi connectivity index (χ2v) is 2.41. The van der Waals surface area contributed by atoms with E-state index in [0.717, 1.165) is 0 Å². The third-order valence-corrected chi connectivity index (χ3v) is 0.966. The van der Waals surface area contributed by atoms with E-state index in [1.807, 2.05) is 19.2 Å². The van der Waals surface area contributed by atoms with E-state index >= 15 is 0 Å². The van der Waals surface area contributed by atoms with Crippen LogP contribution < -0.4 is 5.32 Å². The van der Waals surface area contributed by atoms with Gasteiger partial charge in [-0.1, -0.05) is 12.7 Å². The molecular formula is C8H15N. The lowest BCUT2D eigenvalue weighted by Crippen LogP contribution is -2.15. The highest BCUT2D eigenvalue weighted by molar-refractivity contribution is 5.11. The SMILES string of the molecule is C=C/C(C)=C/NC(C)C. The van der Waals surface area contributed by atoms with Gasteiger partial charge in [0.25, 0.3) is 0 Å². The summed E-state index contributed by atoms with van der Waals surface area (Å²) < 4.78 is 0. The van der Waals surface area contributed by atoms with Crippen molar-refractivity contribution >= 4 is 0 Å². The standard InChI is InChI=1S/C8H15N/c1-5-8(4)6-9-7(2)3/h5-7,9H,1H2,2-4H3/b8-6+. The normalized spacial score (nSPS) is 11.8. The molecule has 0 saturated heterocycles. The van der Waals surface area contributed by atoms with Crippen LogP contribution in [0.25, 0.3) is 0 Å². The summed E-state index contributed by atoms with van der Waals surface area (Å²) >= 11 is 0. The molecule has 1 N–H and O–H groups in total. The lowest BCUT2D eigenvalue weighted by atomic mass is 10.3. The third-order valence-electron chi connectivity index (χ3n) is 0.966. The maximum absolute atomic E-state index is 3.63. The van der Waals surface area contributed by atoms with E-state index in [2.05, 4.69) is 25.7 Å². The lowest BCUT2D eigenvalue weighted by molar-refractivity contribution is 0.700. The molecule has 9 heavy (non-hydrogen) atoms. The molecule has 0 heterocycles. The Morgan fingerprint density at radius 3 is 2.44 bits per heavy atom. The van der Waals surface area contributed by atoms with Crippen molar-refractivity contribution in [2.45, 2.75) is 26.8 Å². The Morgan fingerprint density at radius 2 is 2.11 bits per heavy atom. The molecule has 0 amide bonds. The van der Waals surface area contributed by atoms with Gasteiger partial charge in [-0.25, -0.2) is 0 Å². The van der Waals surface area contributed by atoms with E-state index in [-0.39, 0.29) is 0 Å². The second-order valence-electron chi connectivity index (χ2n) is 2.41. The van der Waals surface area contributed by atoms with Gasteiger partial charge in [0.15, 0.2) is 0 Å². The zero-order chi connectivity index (χ0) is 7.28. The van der Waals surface area contributed by atoms with Gasteiger partial charge in [0.05, 0.1) is 0 Å². The first-order valence-electron chi connectivity index (χ1n) is 3.22. The zero-order valence-corrected chi connectivity index (χ0v) is 6.44. The van der Waals surface area contributed by atoms with E-state index in [0.29, 0.717) is 6.04 Å². The van der Waals surface area contributed by atoms with Crippen LogP contribution in [0, 0.1) is 0 Å². The van der Waals surface area contributed by atoms with Crippen LogP contribution in [0.5, 0.6) is 0 Å². The van der Waals surface area contributed by atoms with Crippen molar-refractivity contribution in [3.63, 3.8) is 0 Å². The van der Waals surface area contributed by atoms with Crippen LogP contribution >= 0.6 is 0 Å². The summed E-state index contributed by atoms with van der Waals surface area (Å²) in [6.07, 6.45) is 3.80. The summed E-state index contributed by atoms with van der Waals surface area (Å²) in [6.45, 7) is 9.85. The Hall–Kier alpha value is -0.720. The molecule has 0 aliphatic rings. The Kier molecular flexibility index (Phi) is 3.85. The van der Waals surface area contributed by atoms with Crippen molar-refractivity contribution in [2.75, 3.05) is 0 Å². The minimum atomic E-state index is 0.514. The molecule has 0 unspecified atom stereocenters. The molecule has 0 bridgehead atoms. The molecule has 0 aromatic rings. The van der Waals surface area contributed by atoms with Crippen molar-refractivity contribution in [3.8, 4) is 0 Å². The maximum atomic E-state index is 3.63. The van der Waals surface area contributed by atoms with Crippen LogP contribution in [0.1, 0.15) is 20.8 Å². The molecule has 0 rings (SSSR count). The molecule has 0 saturated carbocycles. The molecule has 0 aliphatic heterocycles. The number of rotatable bonds is 3. The summed E-state index contributed by atoms with van der Waals surface area (Å²) in [4.78, 5) is 0. The van der Waals surface area contributed by atoms with Gasteiger partial charge in [0.2, 0.25) is 0 Å². The zero-order valence-electron chi connectivity index (χ0n) is 6.44. The van der Waals surface area contributed by atoms with Crippen molar-refractivity contribution < 1.29 is 0 Å². The van der Waals surface area contributed by atoms with E-state index in [9.17, 15) is 0 Å². The van der Waals surface area contributed by atoms with E-state index < -0.39 is 0 Å². The number of nitrogens with one attached hydrogen (secondary N) is 1. The highest BCUT2D eigenvalue weighted by Crippen LogP contribution is 1.89. The van der Waals surface area contributed by atoms with Crippen molar-refractivity contribution in [1.82, 2.24) is 5.32 Å². The summed E-state index contributed by atoms with van der Waals surface area (Å²) in [5.41, 5.74) is 1.17. The van der Waals surface area contributed by atoms with Crippen LogP contribution in [0.2, 0.25) is 0 Å². The molecule has 0 aromatic heterocycles. The van der Waals surface area contributed by atoms with Gasteiger partial charge in [-0.15, -0.1) is 0 Å². The number of allylic oxidation sites excluding steroid dienone is 2. The van der Waals surface area contributed by atoms with Crippen LogP contribution in [0.4, 0.5) is 0 Å². The first kappa shape index (κ1) is 8.28. The largest absolute Gasteiger partial charge is 0.389 e. The molecular weight excluding hydrogens is 110 g/mol. The predicted molar refractivity (Wildman–Crippen MR) is 42.2 cm³/mol. The fourth-order valence-corrected chi connectivity index (χ4v) is 0.357. The van der Waals surface area contributed by atoms with Crippen LogP contribution in [0.3, 0.4) is 0 Å². The van der Waals surface area contributed by atoms with E-state index in [1.165, 1.54) is 5.57 Å². The van der Waals surface area contributed by atoms with Crippen LogP contribution in [-0.4, -0.2) is 6.04 Å². The minimum Gasteiger partial charge on any atom is -0.389 e. The van der Waals surface area contributed by atoms with Crippen molar-refractivity contribution in [2.24, 2.45) is 0 Å². The van der Waals surface area contributed by atoms with Gasteiger partial charge in [-0.2, -0.15) is 0 Å². The summed E-state index contributed by atoms with van der Waals surface area (Å²) in [5, 5.41) is 3.16. The Bertz CT molecular complexity index is 112. The number of hydrogen-bond acceptors (Lipinski definition) is 1. The average molecular weight is 125 g/mol. The molecule has 0 spiro atoms. The second kappa shape index (κ2) is 4.19. The number of hydrogen-bond donors (Lipinski definition) is 1. The summed E-state index contributed by atoms with van der Waals surface area (Å²) in [6, 6.07) is 0.514. The van der Waals surface area contributed by atoms with E-state index in [1.54, 1.807) is 0 Å². The highest BCUT2D eigenvalue weighted by Gasteiger charge is 1.84. The highest BCUT2D eigenvalue weighted by atomic mass is 14.9. The van der Waals surface area contributed by atoms with Gasteiger partial charge in [0.1, 0.15) is 0 Å². The van der Waals surface area contributed by atoms with Crippen LogP contribution in [-0.2, 0) is 0 Å². The minimum absolute atomic E-state index is 0.514. The van der Waals surface area contributed by atoms with Gasteiger partial charge in [0, 0.05) is 6.04 Å². The molecule has 0 aromatic carbocycles. The molecule has 0 aliphatic carbocycles. The van der Waals surface area contributed by atoms with Gasteiger partial charge >= 0.3 is 0 Å². The molecule has 0 radical (unpaired) electrons. The van der Waals surface area contributed by atoms with Gasteiger partial charge < -0.3 is 5.32 Å². The Morgan fingerprint density at radius 1 is 1.56 bits per heavy atom. The monoisotopic (exact) mass is 125 g/mol. The smallest absolute Gasteiger partial charge is 0.0199 e. The Labute approximate surface area is 57.5 Å². The quantitative estimate of drug-likeness (QED) is 0.569. The maximum Gasteiger partial charge on any atom is 0.0199 e. The molecule has 52 valence electrons. The van der Waals surface area contributed by atoms with E-state index in [4.69, 9.17) is 0 Å². The topological polar surface area (TPSA) is 12.0 Å². The fraction of sp³-hybridized carbons (Fsp3) is 0.500. The van der Waals surface area contributed by atoms with Crippen LogP contribution in [0.15, 0.2) is 24.4 Å². The molecule has 0 atom stereocenters. The molecule has 0 fully saturated rings. The lowest BCUT2D eigenvalue weighted by Gasteiger charge is -2.03. The molecule has 1 heteroatoms. The fourth-order valence-electron chi connectivity index (χ4n) is 0.357. The predicted octanol–water partition coefficient (Wildman–Crippen LogP) is 2.07. The van der Waals surface area contributed by atoms with Crippen molar-refractivity contribution in [1.29, 1.82) is 0 Å². The van der Waals surface area contributed by atoms with Crippen molar-refractivity contribution in [3.05, 3.63) is 24.4 Å². The summed E-state index contributed by atoms with van der Waals surface area (Å²) in [5.74, 6) is 0. The van der Waals surface area contributed by atoms with Gasteiger partial charge in [-0.05, 0) is 32.5 Å². The average Bonchev–Trinajstić information content (AvgIpc) is 1.83. The summed E-state index contributed by atoms with van der Waals surface area (Å²) in [7, 11) is 0. The van der Waals surface area contributed by atoms with Gasteiger partial charge in [-0.3, -0.25) is 0 Å². The Balaban J connectivity index is 3.56.